The maximum atomic E-state index is 10.8. The molecular formula is C7H16N4O4. The Morgan fingerprint density at radius 2 is 1.60 bits per heavy atom. The molecule has 5 N–H and O–H groups in total. The summed E-state index contributed by atoms with van der Waals surface area (Å²) in [4.78, 5) is 21.5. The number of hydrogen-bond acceptors (Lipinski definition) is 4. The molecule has 0 saturated carbocycles. The minimum absolute atomic E-state index is 0.00869. The topological polar surface area (TPSA) is 112 Å². The average molecular weight is 220 g/mol. The van der Waals surface area contributed by atoms with E-state index in [0.717, 1.165) is 0 Å². The van der Waals surface area contributed by atoms with Gasteiger partial charge in [0, 0.05) is 6.54 Å². The second-order valence-electron chi connectivity index (χ2n) is 2.37. The molecule has 0 aromatic carbocycles. The molecule has 4 amide bonds. The number of aliphatic hydroxyl groups is 1. The molecular weight excluding hydrogens is 204 g/mol. The molecule has 0 saturated heterocycles. The van der Waals surface area contributed by atoms with E-state index < -0.39 is 12.8 Å². The van der Waals surface area contributed by atoms with Crippen molar-refractivity contribution in [3.63, 3.8) is 0 Å². The number of ether oxygens (including phenoxy) is 1. The van der Waals surface area contributed by atoms with E-state index in [-0.39, 0.29) is 19.5 Å². The SMILES string of the molecule is CCNC(=O)NCOCNC(=O)NCO. The van der Waals surface area contributed by atoms with Crippen molar-refractivity contribution >= 4 is 12.1 Å². The Kier molecular flexibility index (Phi) is 8.10. The van der Waals surface area contributed by atoms with E-state index in [9.17, 15) is 9.59 Å². The predicted octanol–water partition coefficient (Wildman–Crippen LogP) is -1.51. The van der Waals surface area contributed by atoms with Crippen LogP contribution in [0.25, 0.3) is 0 Å². The van der Waals surface area contributed by atoms with Gasteiger partial charge in [0.05, 0.1) is 0 Å². The fraction of sp³-hybridized carbons (Fsp3) is 0.714. The molecule has 0 radical (unpaired) electrons. The second kappa shape index (κ2) is 9.03. The molecule has 0 heterocycles. The minimum Gasteiger partial charge on any atom is -0.376 e. The summed E-state index contributed by atoms with van der Waals surface area (Å²) in [5.74, 6) is 0. The number of amides is 4. The van der Waals surface area contributed by atoms with Crippen molar-refractivity contribution in [3.8, 4) is 0 Å². The highest BCUT2D eigenvalue weighted by molar-refractivity contribution is 5.73. The van der Waals surface area contributed by atoms with Crippen LogP contribution in [0.3, 0.4) is 0 Å². The van der Waals surface area contributed by atoms with Crippen LogP contribution >= 0.6 is 0 Å². The molecule has 0 fully saturated rings. The van der Waals surface area contributed by atoms with Gasteiger partial charge in [-0.3, -0.25) is 0 Å². The van der Waals surface area contributed by atoms with Crippen LogP contribution in [-0.4, -0.2) is 43.9 Å². The highest BCUT2D eigenvalue weighted by Gasteiger charge is 1.98. The summed E-state index contributed by atoms with van der Waals surface area (Å²) in [5.41, 5.74) is 0. The Balaban J connectivity index is 3.24. The molecule has 88 valence electrons. The molecule has 0 unspecified atom stereocenters. The molecule has 0 atom stereocenters. The Bertz CT molecular complexity index is 179. The van der Waals surface area contributed by atoms with Crippen LogP contribution < -0.4 is 21.3 Å². The molecule has 0 rings (SSSR count). The summed E-state index contributed by atoms with van der Waals surface area (Å²) in [7, 11) is 0. The molecule has 8 nitrogen and oxygen atoms in total. The smallest absolute Gasteiger partial charge is 0.318 e. The maximum Gasteiger partial charge on any atom is 0.318 e. The van der Waals surface area contributed by atoms with Crippen molar-refractivity contribution < 1.29 is 19.4 Å². The third-order valence-electron chi connectivity index (χ3n) is 1.25. The molecule has 8 heteroatoms. The lowest BCUT2D eigenvalue weighted by Crippen LogP contribution is -2.40. The zero-order chi connectivity index (χ0) is 11.5. The van der Waals surface area contributed by atoms with Crippen LogP contribution in [-0.2, 0) is 4.74 Å². The number of rotatable bonds is 6. The van der Waals surface area contributed by atoms with Gasteiger partial charge in [-0.25, -0.2) is 9.59 Å². The summed E-state index contributed by atoms with van der Waals surface area (Å²) in [6.07, 6.45) is 0. The first-order chi connectivity index (χ1) is 7.20. The first-order valence-corrected chi connectivity index (χ1v) is 4.42. The van der Waals surface area contributed by atoms with E-state index in [1.165, 1.54) is 0 Å². The molecule has 0 aromatic heterocycles. The summed E-state index contributed by atoms with van der Waals surface area (Å²) in [6.45, 7) is 1.82. The fourth-order valence-corrected chi connectivity index (χ4v) is 0.642. The number of carbonyl (C=O) groups excluding carboxylic acids is 2. The minimum atomic E-state index is -0.546. The van der Waals surface area contributed by atoms with Crippen LogP contribution in [0, 0.1) is 0 Å². The van der Waals surface area contributed by atoms with Crippen LogP contribution in [0.5, 0.6) is 0 Å². The van der Waals surface area contributed by atoms with Gasteiger partial charge in [0.2, 0.25) is 0 Å². The molecule has 0 aromatic rings. The highest BCUT2D eigenvalue weighted by atomic mass is 16.5. The van der Waals surface area contributed by atoms with Crippen molar-refractivity contribution in [1.29, 1.82) is 0 Å². The van der Waals surface area contributed by atoms with Gasteiger partial charge in [-0.05, 0) is 6.92 Å². The predicted molar refractivity (Wildman–Crippen MR) is 51.8 cm³/mol. The molecule has 0 bridgehead atoms. The van der Waals surface area contributed by atoms with Crippen LogP contribution in [0.2, 0.25) is 0 Å². The highest BCUT2D eigenvalue weighted by Crippen LogP contribution is 1.70. The number of aliphatic hydroxyl groups excluding tert-OH is 1. The van der Waals surface area contributed by atoms with Crippen molar-refractivity contribution in [2.24, 2.45) is 0 Å². The number of carbonyl (C=O) groups is 2. The van der Waals surface area contributed by atoms with Crippen molar-refractivity contribution in [2.75, 3.05) is 26.7 Å². The Morgan fingerprint density at radius 3 is 2.07 bits per heavy atom. The summed E-state index contributed by atoms with van der Waals surface area (Å²) < 4.78 is 4.84. The normalized spacial score (nSPS) is 9.20. The zero-order valence-corrected chi connectivity index (χ0v) is 8.50. The van der Waals surface area contributed by atoms with Gasteiger partial charge in [0.15, 0.2) is 0 Å². The number of nitrogens with one attached hydrogen (secondary N) is 4. The molecule has 0 aliphatic heterocycles. The summed E-state index contributed by atoms with van der Waals surface area (Å²) in [6, 6.07) is -0.882. The number of urea groups is 2. The van der Waals surface area contributed by atoms with Gasteiger partial charge in [-0.1, -0.05) is 0 Å². The van der Waals surface area contributed by atoms with Crippen LogP contribution in [0.1, 0.15) is 6.92 Å². The quantitative estimate of drug-likeness (QED) is 0.276. The average Bonchev–Trinajstić information content (AvgIpc) is 2.18. The first-order valence-electron chi connectivity index (χ1n) is 4.42. The van der Waals surface area contributed by atoms with Gasteiger partial charge in [0.25, 0.3) is 0 Å². The van der Waals surface area contributed by atoms with Gasteiger partial charge < -0.3 is 31.1 Å². The van der Waals surface area contributed by atoms with E-state index in [0.29, 0.717) is 6.54 Å². The third kappa shape index (κ3) is 8.78. The monoisotopic (exact) mass is 220 g/mol. The third-order valence-corrected chi connectivity index (χ3v) is 1.25. The van der Waals surface area contributed by atoms with E-state index in [1.807, 2.05) is 0 Å². The summed E-state index contributed by atoms with van der Waals surface area (Å²) >= 11 is 0. The summed E-state index contributed by atoms with van der Waals surface area (Å²) in [5, 5.41) is 17.6. The largest absolute Gasteiger partial charge is 0.376 e. The molecule has 0 aliphatic carbocycles. The van der Waals surface area contributed by atoms with Gasteiger partial charge >= 0.3 is 12.1 Å². The Morgan fingerprint density at radius 1 is 1.07 bits per heavy atom. The van der Waals surface area contributed by atoms with Crippen LogP contribution in [0.4, 0.5) is 9.59 Å². The lowest BCUT2D eigenvalue weighted by Gasteiger charge is -2.08. The number of hydrogen-bond donors (Lipinski definition) is 5. The van der Waals surface area contributed by atoms with Crippen molar-refractivity contribution in [1.82, 2.24) is 21.3 Å². The fourth-order valence-electron chi connectivity index (χ4n) is 0.642. The lowest BCUT2D eigenvalue weighted by molar-refractivity contribution is 0.107. The molecule has 0 spiro atoms. The van der Waals surface area contributed by atoms with Gasteiger partial charge in [-0.2, -0.15) is 0 Å². The Labute approximate surface area is 87.4 Å². The van der Waals surface area contributed by atoms with E-state index in [1.54, 1.807) is 6.92 Å². The second-order valence-corrected chi connectivity index (χ2v) is 2.37. The first kappa shape index (κ1) is 13.5. The molecule has 0 aliphatic rings. The van der Waals surface area contributed by atoms with Crippen molar-refractivity contribution in [3.05, 3.63) is 0 Å². The van der Waals surface area contributed by atoms with E-state index in [4.69, 9.17) is 9.84 Å². The van der Waals surface area contributed by atoms with Gasteiger partial charge in [-0.15, -0.1) is 0 Å². The zero-order valence-electron chi connectivity index (χ0n) is 8.50. The van der Waals surface area contributed by atoms with E-state index >= 15 is 0 Å². The molecule has 15 heavy (non-hydrogen) atoms. The lowest BCUT2D eigenvalue weighted by atomic mass is 10.7. The van der Waals surface area contributed by atoms with Crippen molar-refractivity contribution in [2.45, 2.75) is 6.92 Å². The maximum absolute atomic E-state index is 10.8. The van der Waals surface area contributed by atoms with E-state index in [2.05, 4.69) is 21.3 Å². The Hall–Kier alpha value is -1.54. The standard InChI is InChI=1S/C7H16N4O4/c1-2-8-6(13)10-4-15-5-11-7(14)9-3-12/h12H,2-5H2,1H3,(H2,8,10,13)(H2,9,11,14). The van der Waals surface area contributed by atoms with Crippen LogP contribution in [0.15, 0.2) is 0 Å². The van der Waals surface area contributed by atoms with Gasteiger partial charge in [0.1, 0.15) is 20.2 Å².